The van der Waals surface area contributed by atoms with Crippen molar-refractivity contribution in [3.8, 4) is 0 Å². The van der Waals surface area contributed by atoms with Crippen LogP contribution in [0, 0.1) is 0 Å². The van der Waals surface area contributed by atoms with Crippen LogP contribution in [-0.4, -0.2) is 29.6 Å². The van der Waals surface area contributed by atoms with Crippen molar-refractivity contribution in [2.45, 2.75) is 18.8 Å². The lowest BCUT2D eigenvalue weighted by atomic mass is 10.5. The highest BCUT2D eigenvalue weighted by Gasteiger charge is 2.40. The van der Waals surface area contributed by atoms with Gasteiger partial charge in [-0.05, 0) is 0 Å². The zero-order valence-electron chi connectivity index (χ0n) is 6.69. The summed E-state index contributed by atoms with van der Waals surface area (Å²) in [7, 11) is -4.76. The van der Waals surface area contributed by atoms with E-state index in [1.54, 1.807) is 0 Å². The maximum atomic E-state index is 11.6. The maximum Gasteiger partial charge on any atom is 0.397 e. The molecule has 0 amide bonds. The Labute approximate surface area is 75.4 Å². The number of alkyl halides is 6. The monoisotopic (exact) mass is 244 g/mol. The summed E-state index contributed by atoms with van der Waals surface area (Å²) in [5.41, 5.74) is 0. The minimum Gasteiger partial charge on any atom is -0.344 e. The Morgan fingerprint density at radius 1 is 1.00 bits per heavy atom. The van der Waals surface area contributed by atoms with E-state index in [0.29, 0.717) is 0 Å². The molecule has 1 unspecified atom stereocenters. The molecule has 1 N–H and O–H groups in total. The van der Waals surface area contributed by atoms with Gasteiger partial charge in [-0.1, -0.05) is 0 Å². The van der Waals surface area contributed by atoms with Crippen LogP contribution >= 0.6 is 7.37 Å². The van der Waals surface area contributed by atoms with Gasteiger partial charge in [0, 0.05) is 6.16 Å². The molecule has 0 heterocycles. The second-order valence-corrected chi connectivity index (χ2v) is 5.16. The molecule has 1 atom stereocenters. The topological polar surface area (TPSA) is 37.3 Å². The zero-order valence-corrected chi connectivity index (χ0v) is 7.59. The molecule has 0 saturated heterocycles. The van der Waals surface area contributed by atoms with E-state index in [4.69, 9.17) is 4.89 Å². The molecule has 0 aliphatic heterocycles. The molecule has 0 saturated carbocycles. The summed E-state index contributed by atoms with van der Waals surface area (Å²) in [6, 6.07) is 0. The van der Waals surface area contributed by atoms with Gasteiger partial charge < -0.3 is 4.89 Å². The Morgan fingerprint density at radius 2 is 1.43 bits per heavy atom. The van der Waals surface area contributed by atoms with Crippen molar-refractivity contribution in [3.63, 3.8) is 0 Å². The van der Waals surface area contributed by atoms with E-state index in [1.165, 1.54) is 0 Å². The summed E-state index contributed by atoms with van der Waals surface area (Å²) >= 11 is 0. The van der Waals surface area contributed by atoms with Crippen LogP contribution in [0.1, 0.15) is 6.42 Å². The average Bonchev–Trinajstić information content (AvgIpc) is 1.76. The van der Waals surface area contributed by atoms with E-state index in [-0.39, 0.29) is 0 Å². The summed E-state index contributed by atoms with van der Waals surface area (Å²) in [4.78, 5) is 8.55. The first-order valence-corrected chi connectivity index (χ1v) is 5.39. The van der Waals surface area contributed by atoms with Crippen LogP contribution in [0.5, 0.6) is 0 Å². The lowest BCUT2D eigenvalue weighted by molar-refractivity contribution is -0.131. The summed E-state index contributed by atoms with van der Waals surface area (Å²) in [5.74, 6) is 0. The van der Waals surface area contributed by atoms with Gasteiger partial charge in [0.15, 0.2) is 0 Å². The Morgan fingerprint density at radius 3 is 1.71 bits per heavy atom. The Balaban J connectivity index is 4.17. The van der Waals surface area contributed by atoms with Gasteiger partial charge in [0.25, 0.3) is 0 Å². The van der Waals surface area contributed by atoms with Crippen LogP contribution in [-0.2, 0) is 4.57 Å². The van der Waals surface area contributed by atoms with E-state index in [1.807, 2.05) is 0 Å². The predicted octanol–water partition coefficient (Wildman–Crippen LogP) is 2.77. The predicted molar refractivity (Wildman–Crippen MR) is 36.3 cm³/mol. The van der Waals surface area contributed by atoms with Crippen molar-refractivity contribution in [2.75, 3.05) is 12.3 Å². The molecule has 86 valence electrons. The summed E-state index contributed by atoms with van der Waals surface area (Å²) < 4.78 is 79.8. The van der Waals surface area contributed by atoms with Gasteiger partial charge >= 0.3 is 12.4 Å². The van der Waals surface area contributed by atoms with E-state index in [0.717, 1.165) is 0 Å². The highest BCUT2D eigenvalue weighted by Crippen LogP contribution is 2.47. The second kappa shape index (κ2) is 4.10. The summed E-state index contributed by atoms with van der Waals surface area (Å²) in [6.45, 7) is 0. The lowest BCUT2D eigenvalue weighted by Crippen LogP contribution is -2.18. The third-order valence-electron chi connectivity index (χ3n) is 1.17. The third kappa shape index (κ3) is 8.37. The molecule has 2 nitrogen and oxygen atoms in total. The van der Waals surface area contributed by atoms with Gasteiger partial charge in [0.05, 0.1) is 6.42 Å². The molecule has 0 aliphatic carbocycles. The quantitative estimate of drug-likeness (QED) is 0.612. The molecule has 0 aromatic carbocycles. The number of hydrogen-bond donors (Lipinski definition) is 1. The highest BCUT2D eigenvalue weighted by atomic mass is 31.2. The van der Waals surface area contributed by atoms with Crippen molar-refractivity contribution in [3.05, 3.63) is 0 Å². The first kappa shape index (κ1) is 13.8. The fourth-order valence-electron chi connectivity index (χ4n) is 0.661. The molecule has 0 aliphatic rings. The number of hydrogen-bond acceptors (Lipinski definition) is 1. The Hall–Kier alpha value is -0.230. The molecular formula is C5H7F6O2P. The summed E-state index contributed by atoms with van der Waals surface area (Å²) in [6.07, 6.45) is -14.8. The minimum atomic E-state index is -4.92. The minimum absolute atomic E-state index is 1.39. The fraction of sp³-hybridized carbons (Fsp3) is 1.00. The van der Waals surface area contributed by atoms with Crippen molar-refractivity contribution in [1.29, 1.82) is 0 Å². The molecule has 0 rings (SSSR count). The lowest BCUT2D eigenvalue weighted by Gasteiger charge is -2.14. The molecule has 0 radical (unpaired) electrons. The van der Waals surface area contributed by atoms with Crippen molar-refractivity contribution >= 4 is 7.37 Å². The van der Waals surface area contributed by atoms with E-state index in [2.05, 4.69) is 0 Å². The Bertz CT molecular complexity index is 231. The van der Waals surface area contributed by atoms with Crippen LogP contribution in [0.2, 0.25) is 0 Å². The first-order chi connectivity index (χ1) is 5.91. The van der Waals surface area contributed by atoms with Gasteiger partial charge in [0.2, 0.25) is 7.37 Å². The number of halogens is 6. The standard InChI is InChI=1S/C5H7F6O2P/c6-4(7,8)1-2-14(12,13)3-5(9,10)11/h1-3H2,(H,12,13). The maximum absolute atomic E-state index is 11.6. The third-order valence-corrected chi connectivity index (χ3v) is 2.95. The number of rotatable bonds is 3. The largest absolute Gasteiger partial charge is 0.397 e. The molecule has 0 aromatic heterocycles. The van der Waals surface area contributed by atoms with Crippen LogP contribution in [0.3, 0.4) is 0 Å². The van der Waals surface area contributed by atoms with Crippen LogP contribution in [0.4, 0.5) is 26.3 Å². The average molecular weight is 244 g/mol. The highest BCUT2D eigenvalue weighted by molar-refractivity contribution is 7.58. The molecule has 0 spiro atoms. The summed E-state index contributed by atoms with van der Waals surface area (Å²) in [5, 5.41) is 0. The SMILES string of the molecule is O=P(O)(CCC(F)(F)F)CC(F)(F)F. The van der Waals surface area contributed by atoms with Gasteiger partial charge in [-0.3, -0.25) is 4.57 Å². The van der Waals surface area contributed by atoms with Gasteiger partial charge in [-0.15, -0.1) is 0 Å². The zero-order chi connectivity index (χ0) is 11.6. The molecule has 0 fully saturated rings. The fourth-order valence-corrected chi connectivity index (χ4v) is 1.98. The van der Waals surface area contributed by atoms with Gasteiger partial charge in [0.1, 0.15) is 6.16 Å². The first-order valence-electron chi connectivity index (χ1n) is 3.36. The van der Waals surface area contributed by atoms with Crippen LogP contribution < -0.4 is 0 Å². The van der Waals surface area contributed by atoms with Crippen LogP contribution in [0.15, 0.2) is 0 Å². The smallest absolute Gasteiger partial charge is 0.344 e. The van der Waals surface area contributed by atoms with E-state index < -0.39 is 38.5 Å². The molecule has 0 aromatic rings. The van der Waals surface area contributed by atoms with E-state index >= 15 is 0 Å². The van der Waals surface area contributed by atoms with Crippen molar-refractivity contribution in [2.24, 2.45) is 0 Å². The molecule has 0 bridgehead atoms. The van der Waals surface area contributed by atoms with Crippen molar-refractivity contribution < 1.29 is 35.8 Å². The second-order valence-electron chi connectivity index (χ2n) is 2.71. The normalized spacial score (nSPS) is 17.9. The van der Waals surface area contributed by atoms with E-state index in [9.17, 15) is 30.9 Å². The van der Waals surface area contributed by atoms with Gasteiger partial charge in [-0.25, -0.2) is 0 Å². The van der Waals surface area contributed by atoms with Crippen LogP contribution in [0.25, 0.3) is 0 Å². The Kier molecular flexibility index (Phi) is 4.03. The van der Waals surface area contributed by atoms with Gasteiger partial charge in [-0.2, -0.15) is 26.3 Å². The molecule has 14 heavy (non-hydrogen) atoms. The van der Waals surface area contributed by atoms with Crippen molar-refractivity contribution in [1.82, 2.24) is 0 Å². The molecule has 9 heteroatoms. The molecular weight excluding hydrogens is 237 g/mol.